The molecule has 2 aromatic rings. The van der Waals surface area contributed by atoms with Gasteiger partial charge in [-0.05, 0) is 45.0 Å². The summed E-state index contributed by atoms with van der Waals surface area (Å²) in [4.78, 5) is 0. The van der Waals surface area contributed by atoms with Crippen molar-refractivity contribution >= 4 is 0 Å². The smallest absolute Gasteiger partial charge is 0.136 e. The number of ether oxygens (including phenoxy) is 2. The lowest BCUT2D eigenvalue weighted by Gasteiger charge is -2.22. The molecule has 24 heavy (non-hydrogen) atoms. The molecule has 0 saturated heterocycles. The first kappa shape index (κ1) is 16.9. The quantitative estimate of drug-likeness (QED) is 0.852. The maximum atomic E-state index is 10.6. The van der Waals surface area contributed by atoms with Gasteiger partial charge in [-0.2, -0.15) is 0 Å². The van der Waals surface area contributed by atoms with Gasteiger partial charge in [0.05, 0.1) is 7.11 Å². The van der Waals surface area contributed by atoms with E-state index in [-0.39, 0.29) is 6.10 Å². The van der Waals surface area contributed by atoms with Crippen LogP contribution >= 0.6 is 0 Å². The van der Waals surface area contributed by atoms with Crippen molar-refractivity contribution in [1.82, 2.24) is 5.32 Å². The Morgan fingerprint density at radius 1 is 1.38 bits per heavy atom. The van der Waals surface area contributed by atoms with Gasteiger partial charge in [-0.15, -0.1) is 0 Å². The van der Waals surface area contributed by atoms with Crippen LogP contribution < -0.4 is 14.8 Å². The zero-order valence-corrected chi connectivity index (χ0v) is 14.7. The largest absolute Gasteiger partial charge is 0.497 e. The van der Waals surface area contributed by atoms with Gasteiger partial charge in [0.2, 0.25) is 0 Å². The molecule has 0 radical (unpaired) electrons. The van der Waals surface area contributed by atoms with Crippen molar-refractivity contribution in [2.75, 3.05) is 13.7 Å². The van der Waals surface area contributed by atoms with E-state index < -0.39 is 5.60 Å². The average Bonchev–Trinajstić information content (AvgIpc) is 3.12. The number of rotatable bonds is 6. The van der Waals surface area contributed by atoms with Gasteiger partial charge in [-0.1, -0.05) is 0 Å². The van der Waals surface area contributed by atoms with Gasteiger partial charge in [0.1, 0.15) is 34.7 Å². The summed E-state index contributed by atoms with van der Waals surface area (Å²) in [6.45, 7) is 6.63. The normalized spacial score (nSPS) is 18.8. The molecule has 1 aromatic heterocycles. The van der Waals surface area contributed by atoms with Crippen LogP contribution in [0.4, 0.5) is 0 Å². The van der Waals surface area contributed by atoms with E-state index in [1.54, 1.807) is 14.0 Å². The monoisotopic (exact) mass is 331 g/mol. The number of methoxy groups -OCH3 is 1. The lowest BCUT2D eigenvalue weighted by molar-refractivity contribution is 0.0332. The van der Waals surface area contributed by atoms with Crippen LogP contribution in [0.3, 0.4) is 0 Å². The minimum Gasteiger partial charge on any atom is -0.497 e. The molecule has 1 aromatic carbocycles. The highest BCUT2D eigenvalue weighted by Crippen LogP contribution is 2.36. The Kier molecular flexibility index (Phi) is 4.56. The second-order valence-electron chi connectivity index (χ2n) is 6.70. The van der Waals surface area contributed by atoms with Crippen LogP contribution in [0.25, 0.3) is 0 Å². The van der Waals surface area contributed by atoms with Crippen LogP contribution in [0.5, 0.6) is 11.5 Å². The lowest BCUT2D eigenvalue weighted by Crippen LogP contribution is -2.34. The Bertz CT molecular complexity index is 720. The highest BCUT2D eigenvalue weighted by molar-refractivity contribution is 5.49. The molecule has 0 aliphatic carbocycles. The Hall–Kier alpha value is -1.98. The molecule has 0 amide bonds. The topological polar surface area (TPSA) is 63.9 Å². The molecule has 0 spiro atoms. The molecule has 2 N–H and O–H groups in total. The molecule has 5 heteroatoms. The number of aryl methyl sites for hydroxylation is 1. The maximum Gasteiger partial charge on any atom is 0.136 e. The van der Waals surface area contributed by atoms with Gasteiger partial charge >= 0.3 is 0 Å². The Morgan fingerprint density at radius 3 is 2.83 bits per heavy atom. The Labute approximate surface area is 142 Å². The van der Waals surface area contributed by atoms with Crippen LogP contribution in [0.2, 0.25) is 0 Å². The summed E-state index contributed by atoms with van der Waals surface area (Å²) in [6.07, 6.45) is 1.07. The van der Waals surface area contributed by atoms with E-state index in [0.29, 0.717) is 18.8 Å². The van der Waals surface area contributed by atoms with Gasteiger partial charge in [-0.25, -0.2) is 0 Å². The molecule has 0 bridgehead atoms. The molecule has 3 rings (SSSR count). The van der Waals surface area contributed by atoms with E-state index in [0.717, 1.165) is 29.2 Å². The fourth-order valence-electron chi connectivity index (χ4n) is 3.08. The minimum absolute atomic E-state index is 0.181. The molecule has 130 valence electrons. The van der Waals surface area contributed by atoms with Gasteiger partial charge in [0, 0.05) is 30.6 Å². The second kappa shape index (κ2) is 6.49. The SMILES string of the molecule is COc1cc(CNCC(C)(O)c2ccc(C)o2)c2c(c1)CC(C)O2. The summed E-state index contributed by atoms with van der Waals surface area (Å²) in [7, 11) is 1.67. The van der Waals surface area contributed by atoms with Crippen molar-refractivity contribution in [3.8, 4) is 11.5 Å². The molecule has 1 aliphatic rings. The number of hydrogen-bond acceptors (Lipinski definition) is 5. The highest BCUT2D eigenvalue weighted by atomic mass is 16.5. The minimum atomic E-state index is -1.07. The third-order valence-electron chi connectivity index (χ3n) is 4.33. The van der Waals surface area contributed by atoms with Crippen molar-refractivity contribution in [2.24, 2.45) is 0 Å². The van der Waals surface area contributed by atoms with E-state index in [9.17, 15) is 5.11 Å². The highest BCUT2D eigenvalue weighted by Gasteiger charge is 2.27. The van der Waals surface area contributed by atoms with E-state index in [2.05, 4.69) is 12.2 Å². The molecule has 2 heterocycles. The van der Waals surface area contributed by atoms with Gasteiger partial charge < -0.3 is 24.3 Å². The summed E-state index contributed by atoms with van der Waals surface area (Å²) < 4.78 is 16.9. The molecule has 0 saturated carbocycles. The van der Waals surface area contributed by atoms with Crippen molar-refractivity contribution in [3.05, 3.63) is 46.9 Å². The summed E-state index contributed by atoms with van der Waals surface area (Å²) in [5.74, 6) is 3.12. The zero-order valence-electron chi connectivity index (χ0n) is 14.7. The molecule has 2 atom stereocenters. The van der Waals surface area contributed by atoms with Gasteiger partial charge in [0.15, 0.2) is 0 Å². The average molecular weight is 331 g/mol. The van der Waals surface area contributed by atoms with Crippen LogP contribution in [0.15, 0.2) is 28.7 Å². The zero-order chi connectivity index (χ0) is 17.3. The predicted octanol–water partition coefficient (Wildman–Crippen LogP) is 2.92. The number of hydrogen-bond donors (Lipinski definition) is 2. The number of nitrogens with one attached hydrogen (secondary N) is 1. The first-order valence-corrected chi connectivity index (χ1v) is 8.25. The lowest BCUT2D eigenvalue weighted by atomic mass is 10.0. The van der Waals surface area contributed by atoms with Crippen molar-refractivity contribution in [1.29, 1.82) is 0 Å². The first-order valence-electron chi connectivity index (χ1n) is 8.25. The molecule has 0 fully saturated rings. The number of furan rings is 1. The number of fused-ring (bicyclic) bond motifs is 1. The summed E-state index contributed by atoms with van der Waals surface area (Å²) in [5.41, 5.74) is 1.15. The van der Waals surface area contributed by atoms with E-state index in [1.807, 2.05) is 31.2 Å². The van der Waals surface area contributed by atoms with E-state index >= 15 is 0 Å². The van der Waals surface area contributed by atoms with Crippen LogP contribution in [-0.2, 0) is 18.6 Å². The number of aliphatic hydroxyl groups is 1. The molecule has 5 nitrogen and oxygen atoms in total. The van der Waals surface area contributed by atoms with Crippen molar-refractivity contribution < 1.29 is 19.0 Å². The number of benzene rings is 1. The molecule has 2 unspecified atom stereocenters. The van der Waals surface area contributed by atoms with Crippen molar-refractivity contribution in [3.63, 3.8) is 0 Å². The Morgan fingerprint density at radius 2 is 2.17 bits per heavy atom. The summed E-state index contributed by atoms with van der Waals surface area (Å²) in [6, 6.07) is 7.68. The fourth-order valence-corrected chi connectivity index (χ4v) is 3.08. The van der Waals surface area contributed by atoms with Gasteiger partial charge in [0.25, 0.3) is 0 Å². The summed E-state index contributed by atoms with van der Waals surface area (Å²) in [5, 5.41) is 13.9. The first-order chi connectivity index (χ1) is 11.4. The predicted molar refractivity (Wildman–Crippen MR) is 91.5 cm³/mol. The molecule has 1 aliphatic heterocycles. The van der Waals surface area contributed by atoms with E-state index in [1.165, 1.54) is 5.56 Å². The molecular weight excluding hydrogens is 306 g/mol. The van der Waals surface area contributed by atoms with Crippen molar-refractivity contribution in [2.45, 2.75) is 45.4 Å². The maximum absolute atomic E-state index is 10.6. The van der Waals surface area contributed by atoms with E-state index in [4.69, 9.17) is 13.9 Å². The van der Waals surface area contributed by atoms with Crippen LogP contribution in [-0.4, -0.2) is 24.9 Å². The standard InChI is InChI=1S/C19H25NO4/c1-12-5-6-17(23-12)19(3,21)11-20-10-15-9-16(22-4)8-14-7-13(2)24-18(14)15/h5-6,8-9,13,20-21H,7,10-11H2,1-4H3. The summed E-state index contributed by atoms with van der Waals surface area (Å²) >= 11 is 0. The third-order valence-corrected chi connectivity index (χ3v) is 4.33. The van der Waals surface area contributed by atoms with Crippen LogP contribution in [0.1, 0.15) is 36.5 Å². The Balaban J connectivity index is 1.70. The van der Waals surface area contributed by atoms with Crippen LogP contribution in [0, 0.1) is 6.92 Å². The van der Waals surface area contributed by atoms with Gasteiger partial charge in [-0.3, -0.25) is 0 Å². The second-order valence-corrected chi connectivity index (χ2v) is 6.70. The fraction of sp³-hybridized carbons (Fsp3) is 0.474. The third kappa shape index (κ3) is 3.42. The molecular formula is C19H25NO4.